The third-order valence-corrected chi connectivity index (χ3v) is 27.0. The van der Waals surface area contributed by atoms with E-state index in [1.807, 2.05) is 151 Å². The molecule has 0 unspecified atom stereocenters. The predicted molar refractivity (Wildman–Crippen MR) is 541 cm³/mol. The van der Waals surface area contributed by atoms with Gasteiger partial charge in [0.2, 0.25) is 11.9 Å². The molecule has 13 nitrogen and oxygen atoms in total. The first-order valence-corrected chi connectivity index (χ1v) is 44.5. The zero-order valence-corrected chi connectivity index (χ0v) is 71.3. The lowest BCUT2D eigenvalue weighted by Gasteiger charge is -2.13. The van der Waals surface area contributed by atoms with Gasteiger partial charge >= 0.3 is 0 Å². The first kappa shape index (κ1) is 76.3. The number of hydrogen-bond acceptors (Lipinski definition) is 8. The number of rotatable bonds is 9. The maximum absolute atomic E-state index is 7.38. The Balaban J connectivity index is 0.000000106. The number of para-hydroxylation sites is 7. The maximum Gasteiger partial charge on any atom is 0.235 e. The summed E-state index contributed by atoms with van der Waals surface area (Å²) < 4.78 is 16.0. The molecule has 0 N–H and O–H groups in total. The van der Waals surface area contributed by atoms with Gasteiger partial charge in [-0.2, -0.15) is 0 Å². The van der Waals surface area contributed by atoms with Gasteiger partial charge in [0.25, 0.3) is 0 Å². The summed E-state index contributed by atoms with van der Waals surface area (Å²) in [4.78, 5) is 41.6. The van der Waals surface area contributed by atoms with Gasteiger partial charge < -0.3 is 8.98 Å². The van der Waals surface area contributed by atoms with Gasteiger partial charge in [-0.1, -0.05) is 315 Å². The first-order valence-electron chi connectivity index (χ1n) is 43.7. The van der Waals surface area contributed by atoms with Crippen molar-refractivity contribution in [1.82, 2.24) is 43.6 Å². The molecule has 14 heteroatoms. The van der Waals surface area contributed by atoms with Crippen molar-refractivity contribution in [2.75, 3.05) is 0 Å². The van der Waals surface area contributed by atoms with E-state index in [4.69, 9.17) is 54.0 Å². The van der Waals surface area contributed by atoms with Crippen molar-refractivity contribution in [1.29, 1.82) is 0 Å². The Bertz CT molecular complexity index is 9410. The monoisotopic (exact) mass is 1700 g/mol. The van der Waals surface area contributed by atoms with Crippen LogP contribution in [-0.4, -0.2) is 43.6 Å². The van der Waals surface area contributed by atoms with Gasteiger partial charge in [-0.25, -0.2) is 44.4 Å². The van der Waals surface area contributed by atoms with Crippen molar-refractivity contribution in [3.05, 3.63) is 446 Å². The van der Waals surface area contributed by atoms with Crippen molar-refractivity contribution in [3.63, 3.8) is 0 Å². The Morgan fingerprint density at radius 2 is 0.705 bits per heavy atom. The van der Waals surface area contributed by atoms with Gasteiger partial charge in [-0.3, -0.25) is 9.13 Å². The van der Waals surface area contributed by atoms with Gasteiger partial charge in [-0.15, -0.1) is 11.3 Å². The quantitative estimate of drug-likeness (QED) is 0.132. The summed E-state index contributed by atoms with van der Waals surface area (Å²) in [6.07, 6.45) is 0.887. The van der Waals surface area contributed by atoms with Crippen LogP contribution in [0.4, 0.5) is 17.1 Å². The minimum atomic E-state index is 0.590. The summed E-state index contributed by atoms with van der Waals surface area (Å²) in [6, 6.07) is 138. The lowest BCUT2D eigenvalue weighted by atomic mass is 10.0. The molecular weight excluding hydrogens is 1630 g/mol. The highest BCUT2D eigenvalue weighted by atomic mass is 32.1. The van der Waals surface area contributed by atoms with Crippen LogP contribution in [0, 0.1) is 19.7 Å². The topological polar surface area (TPSA) is 118 Å². The molecule has 1 aliphatic rings. The molecule has 0 aliphatic heterocycles. The lowest BCUT2D eigenvalue weighted by Crippen LogP contribution is -2.04. The fourth-order valence-electron chi connectivity index (χ4n) is 19.6. The van der Waals surface area contributed by atoms with E-state index in [1.54, 1.807) is 0 Å². The Morgan fingerprint density at radius 1 is 0.273 bits per heavy atom. The molecule has 1 aliphatic carbocycles. The minimum Gasteiger partial charge on any atom is -0.454 e. The summed E-state index contributed by atoms with van der Waals surface area (Å²) in [6.45, 7) is 21.9. The number of fused-ring (bicyclic) bond motifs is 24. The normalized spacial score (nSPS) is 11.7. The average Bonchev–Trinajstić information content (AvgIpc) is 1.57. The van der Waals surface area contributed by atoms with Crippen molar-refractivity contribution in [3.8, 4) is 96.1 Å². The van der Waals surface area contributed by atoms with E-state index >= 15 is 0 Å². The van der Waals surface area contributed by atoms with Crippen LogP contribution in [0.15, 0.2) is 405 Å². The first-order chi connectivity index (χ1) is 65.3. The Hall–Kier alpha value is -18.1. The highest BCUT2D eigenvalue weighted by Gasteiger charge is 2.29. The molecule has 612 valence electrons. The van der Waals surface area contributed by atoms with Crippen LogP contribution in [0.25, 0.3) is 251 Å². The molecule has 0 spiro atoms. The molecule has 8 heterocycles. The van der Waals surface area contributed by atoms with Crippen LogP contribution in [0.3, 0.4) is 0 Å². The molecule has 0 saturated carbocycles. The lowest BCUT2D eigenvalue weighted by molar-refractivity contribution is 0.671. The van der Waals surface area contributed by atoms with E-state index in [0.29, 0.717) is 34.8 Å². The Kier molecular flexibility index (Phi) is 18.0. The molecule has 0 bridgehead atoms. The van der Waals surface area contributed by atoms with Crippen LogP contribution < -0.4 is 0 Å². The number of aromatic nitrogens is 9. The molecule has 26 aromatic rings. The third kappa shape index (κ3) is 12.6. The van der Waals surface area contributed by atoms with Crippen LogP contribution >= 0.6 is 11.3 Å². The largest absolute Gasteiger partial charge is 0.454 e. The third-order valence-electron chi connectivity index (χ3n) is 25.8. The van der Waals surface area contributed by atoms with Crippen molar-refractivity contribution >= 4 is 169 Å². The molecular formula is C118H68N12OS. The minimum absolute atomic E-state index is 0.590. The van der Waals surface area contributed by atoms with Crippen LogP contribution in [-0.2, 0) is 6.42 Å². The summed E-state index contributed by atoms with van der Waals surface area (Å²) in [5, 5.41) is 14.9. The average molecular weight is 1700 g/mol. The van der Waals surface area contributed by atoms with E-state index in [2.05, 4.69) is 289 Å². The molecule has 0 radical (unpaired) electrons. The predicted octanol–water partition coefficient (Wildman–Crippen LogP) is 31.7. The number of furan rings is 1. The van der Waals surface area contributed by atoms with E-state index in [9.17, 15) is 0 Å². The highest BCUT2D eigenvalue weighted by molar-refractivity contribution is 7.26. The maximum atomic E-state index is 7.38. The Labute approximate surface area is 759 Å². The molecule has 0 amide bonds. The van der Waals surface area contributed by atoms with Crippen LogP contribution in [0.2, 0.25) is 0 Å². The fourth-order valence-corrected chi connectivity index (χ4v) is 20.8. The van der Waals surface area contributed by atoms with Crippen molar-refractivity contribution < 1.29 is 4.42 Å². The smallest absolute Gasteiger partial charge is 0.235 e. The second-order valence-corrected chi connectivity index (χ2v) is 34.2. The Morgan fingerprint density at radius 3 is 1.30 bits per heavy atom. The number of thiophene rings is 1. The van der Waals surface area contributed by atoms with Gasteiger partial charge in [-0.05, 0) is 135 Å². The highest BCUT2D eigenvalue weighted by Crippen LogP contribution is 2.48. The second-order valence-electron chi connectivity index (χ2n) is 33.1. The molecule has 27 rings (SSSR count). The van der Waals surface area contributed by atoms with Crippen LogP contribution in [0.1, 0.15) is 11.1 Å². The second kappa shape index (κ2) is 31.2. The molecule has 8 aromatic heterocycles. The van der Waals surface area contributed by atoms with Gasteiger partial charge in [0.15, 0.2) is 28.5 Å². The van der Waals surface area contributed by atoms with E-state index in [0.717, 1.165) is 156 Å². The standard InChI is InChI=1S/C40H24N4.C39H22N4O.C39H22N4S/c1-41-29-20-18-26(19-21-29)25-14-16-27(17-15-25)38-34-11-4-6-12-36(34)42-40(43-38)44-37-13-7-5-10-32(37)33-23-22-31-30-9-3-2-8-28(30)24-35(31)39(33)44;1-40-27-10-8-9-26(23-27)24-17-19-25(20-18-24)36-32-13-2-5-14-33(32)41-39(42-36)43-34-15-6-3-11-28(34)30-21-22-31-29-12-4-7-16-35(29)44-38(31)37(30)43;1-40-26-18-14-24(15-19-26)36-32-10-2-5-11-33(32)41-39(42-36)25-16-20-27(21-17-25)43-34-12-6-3-8-28(34)30-22-23-31-29-9-4-7-13-35(29)44-38(31)37(30)43/h2-23H,24H2;2*2-23H. The molecule has 132 heavy (non-hydrogen) atoms. The summed E-state index contributed by atoms with van der Waals surface area (Å²) in [5.74, 6) is 1.94. The van der Waals surface area contributed by atoms with E-state index in [-0.39, 0.29) is 0 Å². The molecule has 0 saturated heterocycles. The SMILES string of the molecule is [C-]#[N+]c1ccc(-c2ccc(-c3nc(-n4c5ccccc5c5ccc6c(c54)Cc4ccccc4-6)nc4ccccc34)cc2)cc1.[C-]#[N+]c1ccc(-c2nc(-c3ccc(-n4c5ccccc5c5ccc6c7ccccc7sc6c54)cc3)nc3ccccc23)cc1.[C-]#[N+]c1cccc(-c2ccc(-c3nc(-n4c5ccccc5c5ccc6c7ccccc7oc6c54)nc4ccccc34)cc2)c1. The molecule has 18 aromatic carbocycles. The number of nitrogens with zero attached hydrogens (tertiary/aromatic N) is 12. The van der Waals surface area contributed by atoms with Gasteiger partial charge in [0.05, 0.1) is 85.6 Å². The van der Waals surface area contributed by atoms with Gasteiger partial charge in [0.1, 0.15) is 11.1 Å². The van der Waals surface area contributed by atoms with Crippen molar-refractivity contribution in [2.24, 2.45) is 0 Å². The number of hydrogen-bond donors (Lipinski definition) is 0. The van der Waals surface area contributed by atoms with Crippen LogP contribution in [0.5, 0.6) is 0 Å². The number of benzene rings is 18. The summed E-state index contributed by atoms with van der Waals surface area (Å²) >= 11 is 1.86. The fraction of sp³-hybridized carbons (Fsp3) is 0.00847. The van der Waals surface area contributed by atoms with Gasteiger partial charge in [0, 0.05) is 104 Å². The summed E-state index contributed by atoms with van der Waals surface area (Å²) in [7, 11) is 0. The zero-order valence-electron chi connectivity index (χ0n) is 70.5. The van der Waals surface area contributed by atoms with E-state index in [1.165, 1.54) is 80.5 Å². The molecule has 0 fully saturated rings. The zero-order chi connectivity index (χ0) is 87.6. The summed E-state index contributed by atoms with van der Waals surface area (Å²) in [5.41, 5.74) is 30.1. The van der Waals surface area contributed by atoms with E-state index < -0.39 is 0 Å². The molecule has 0 atom stereocenters. The van der Waals surface area contributed by atoms with Crippen molar-refractivity contribution in [2.45, 2.75) is 6.42 Å².